The van der Waals surface area contributed by atoms with Crippen LogP contribution in [0.2, 0.25) is 0 Å². The van der Waals surface area contributed by atoms with Gasteiger partial charge in [-0.15, -0.1) is 22.0 Å². The number of thioether (sulfide) groups is 1. The molecule has 0 aliphatic rings. The zero-order chi connectivity index (χ0) is 15.2. The quantitative estimate of drug-likeness (QED) is 0.758. The van der Waals surface area contributed by atoms with Crippen molar-refractivity contribution in [1.29, 1.82) is 0 Å². The lowest BCUT2D eigenvalue weighted by Crippen LogP contribution is -2.07. The standard InChI is InChI=1S/C14H15FN2O2S2/c1-3-19-12(18)8-20-9(2)13-16-17-14(21-13)10-5-4-6-11(15)7-10/h4-7,9H,3,8H2,1-2H3/t9-/m0/s1. The minimum atomic E-state index is -0.297. The molecule has 0 saturated heterocycles. The Hall–Kier alpha value is -1.47. The number of aromatic nitrogens is 2. The molecular weight excluding hydrogens is 311 g/mol. The molecule has 2 rings (SSSR count). The van der Waals surface area contributed by atoms with Gasteiger partial charge in [-0.05, 0) is 26.0 Å². The molecule has 0 radical (unpaired) electrons. The van der Waals surface area contributed by atoms with Crippen LogP contribution in [0.1, 0.15) is 24.1 Å². The number of rotatable bonds is 6. The van der Waals surface area contributed by atoms with Gasteiger partial charge in [0.25, 0.3) is 0 Å². The zero-order valence-electron chi connectivity index (χ0n) is 11.7. The second-order valence-corrected chi connectivity index (χ2v) is 6.55. The lowest BCUT2D eigenvalue weighted by Gasteiger charge is -2.06. The number of benzene rings is 1. The summed E-state index contributed by atoms with van der Waals surface area (Å²) in [7, 11) is 0. The zero-order valence-corrected chi connectivity index (χ0v) is 13.3. The molecule has 2 aromatic rings. The van der Waals surface area contributed by atoms with Crippen molar-refractivity contribution >= 4 is 29.1 Å². The van der Waals surface area contributed by atoms with E-state index in [1.807, 2.05) is 6.92 Å². The van der Waals surface area contributed by atoms with Gasteiger partial charge >= 0.3 is 5.97 Å². The van der Waals surface area contributed by atoms with Crippen LogP contribution in [0, 0.1) is 5.82 Å². The van der Waals surface area contributed by atoms with Gasteiger partial charge in [-0.1, -0.05) is 23.5 Å². The topological polar surface area (TPSA) is 52.1 Å². The summed E-state index contributed by atoms with van der Waals surface area (Å²) in [5.41, 5.74) is 0.710. The van der Waals surface area contributed by atoms with E-state index in [4.69, 9.17) is 4.74 Å². The van der Waals surface area contributed by atoms with Crippen LogP contribution in [-0.2, 0) is 9.53 Å². The largest absolute Gasteiger partial charge is 0.465 e. The van der Waals surface area contributed by atoms with Crippen molar-refractivity contribution in [1.82, 2.24) is 10.2 Å². The number of esters is 1. The summed E-state index contributed by atoms with van der Waals surface area (Å²) in [5, 5.41) is 9.72. The number of ether oxygens (including phenoxy) is 1. The predicted molar refractivity (Wildman–Crippen MR) is 82.8 cm³/mol. The highest BCUT2D eigenvalue weighted by Crippen LogP contribution is 2.33. The van der Waals surface area contributed by atoms with Crippen molar-refractivity contribution < 1.29 is 13.9 Å². The molecule has 112 valence electrons. The third-order valence-electron chi connectivity index (χ3n) is 2.62. The van der Waals surface area contributed by atoms with Gasteiger partial charge in [0.15, 0.2) is 0 Å². The maximum absolute atomic E-state index is 13.2. The fraction of sp³-hybridized carbons (Fsp3) is 0.357. The van der Waals surface area contributed by atoms with Gasteiger partial charge in [0.05, 0.1) is 17.6 Å². The number of halogens is 1. The lowest BCUT2D eigenvalue weighted by atomic mass is 10.2. The van der Waals surface area contributed by atoms with Crippen molar-refractivity contribution in [3.8, 4) is 10.6 Å². The second-order valence-electron chi connectivity index (χ2n) is 4.21. The fourth-order valence-corrected chi connectivity index (χ4v) is 3.38. The van der Waals surface area contributed by atoms with E-state index in [0.29, 0.717) is 17.2 Å². The summed E-state index contributed by atoms with van der Waals surface area (Å²) >= 11 is 2.85. The highest BCUT2D eigenvalue weighted by Gasteiger charge is 2.15. The Kier molecular flexibility index (Phi) is 5.69. The monoisotopic (exact) mass is 326 g/mol. The molecule has 0 fully saturated rings. The molecule has 21 heavy (non-hydrogen) atoms. The molecule has 7 heteroatoms. The number of carbonyl (C=O) groups excluding carboxylic acids is 1. The van der Waals surface area contributed by atoms with E-state index in [0.717, 1.165) is 5.01 Å². The van der Waals surface area contributed by atoms with E-state index in [-0.39, 0.29) is 22.8 Å². The molecule has 0 unspecified atom stereocenters. The van der Waals surface area contributed by atoms with Crippen molar-refractivity contribution in [3.63, 3.8) is 0 Å². The van der Waals surface area contributed by atoms with Crippen LogP contribution < -0.4 is 0 Å². The number of carbonyl (C=O) groups is 1. The van der Waals surface area contributed by atoms with Crippen LogP contribution in [0.5, 0.6) is 0 Å². The van der Waals surface area contributed by atoms with E-state index < -0.39 is 0 Å². The molecular formula is C14H15FN2O2S2. The van der Waals surface area contributed by atoms with E-state index in [1.54, 1.807) is 19.1 Å². The third kappa shape index (κ3) is 4.50. The first-order valence-electron chi connectivity index (χ1n) is 6.46. The molecule has 0 N–H and O–H groups in total. The Labute approximate surface area is 130 Å². The molecule has 0 aliphatic heterocycles. The van der Waals surface area contributed by atoms with Crippen molar-refractivity contribution in [2.24, 2.45) is 0 Å². The van der Waals surface area contributed by atoms with Crippen LogP contribution >= 0.6 is 23.1 Å². The maximum Gasteiger partial charge on any atom is 0.315 e. The molecule has 1 heterocycles. The first kappa shape index (κ1) is 15.9. The molecule has 4 nitrogen and oxygen atoms in total. The van der Waals surface area contributed by atoms with Gasteiger partial charge in [-0.3, -0.25) is 4.79 Å². The summed E-state index contributed by atoms with van der Waals surface area (Å²) in [6, 6.07) is 6.26. The molecule has 0 amide bonds. The summed E-state index contributed by atoms with van der Waals surface area (Å²) in [6.07, 6.45) is 0. The Bertz CT molecular complexity index is 619. The van der Waals surface area contributed by atoms with Gasteiger partial charge in [-0.25, -0.2) is 4.39 Å². The minimum absolute atomic E-state index is 0.0363. The Morgan fingerprint density at radius 1 is 1.48 bits per heavy atom. The lowest BCUT2D eigenvalue weighted by molar-refractivity contribution is -0.139. The Morgan fingerprint density at radius 3 is 3.00 bits per heavy atom. The van der Waals surface area contributed by atoms with Gasteiger partial charge in [0, 0.05) is 5.56 Å². The average molecular weight is 326 g/mol. The van der Waals surface area contributed by atoms with Crippen LogP contribution in [0.15, 0.2) is 24.3 Å². The summed E-state index contributed by atoms with van der Waals surface area (Å²) in [5.74, 6) is -0.248. The van der Waals surface area contributed by atoms with E-state index in [9.17, 15) is 9.18 Å². The molecule has 1 aromatic carbocycles. The van der Waals surface area contributed by atoms with Gasteiger partial charge in [-0.2, -0.15) is 0 Å². The Morgan fingerprint density at radius 2 is 2.29 bits per heavy atom. The van der Waals surface area contributed by atoms with Crippen LogP contribution in [0.4, 0.5) is 4.39 Å². The maximum atomic E-state index is 13.2. The minimum Gasteiger partial charge on any atom is -0.465 e. The predicted octanol–water partition coefficient (Wildman–Crippen LogP) is 3.70. The van der Waals surface area contributed by atoms with Crippen molar-refractivity contribution in [2.45, 2.75) is 19.1 Å². The van der Waals surface area contributed by atoms with E-state index >= 15 is 0 Å². The summed E-state index contributed by atoms with van der Waals surface area (Å²) in [6.45, 7) is 4.12. The van der Waals surface area contributed by atoms with Gasteiger partial charge in [0.1, 0.15) is 15.8 Å². The fourth-order valence-electron chi connectivity index (χ4n) is 1.60. The average Bonchev–Trinajstić information content (AvgIpc) is 2.95. The van der Waals surface area contributed by atoms with Gasteiger partial charge < -0.3 is 4.74 Å². The number of hydrogen-bond acceptors (Lipinski definition) is 6. The Balaban J connectivity index is 2.00. The van der Waals surface area contributed by atoms with Crippen molar-refractivity contribution in [3.05, 3.63) is 35.1 Å². The van der Waals surface area contributed by atoms with Crippen LogP contribution in [0.3, 0.4) is 0 Å². The number of nitrogens with zero attached hydrogens (tertiary/aromatic N) is 2. The van der Waals surface area contributed by atoms with Crippen molar-refractivity contribution in [2.75, 3.05) is 12.4 Å². The normalized spacial score (nSPS) is 12.1. The SMILES string of the molecule is CCOC(=O)CS[C@@H](C)c1nnc(-c2cccc(F)c2)s1. The summed E-state index contributed by atoms with van der Waals surface area (Å²) in [4.78, 5) is 11.3. The molecule has 1 aromatic heterocycles. The second kappa shape index (κ2) is 7.51. The highest BCUT2D eigenvalue weighted by atomic mass is 32.2. The summed E-state index contributed by atoms with van der Waals surface area (Å²) < 4.78 is 18.1. The number of hydrogen-bond donors (Lipinski definition) is 0. The molecule has 0 aliphatic carbocycles. The van der Waals surface area contributed by atoms with Gasteiger partial charge in [0.2, 0.25) is 0 Å². The van der Waals surface area contributed by atoms with Crippen LogP contribution in [-0.4, -0.2) is 28.5 Å². The third-order valence-corrected chi connectivity index (χ3v) is 5.05. The van der Waals surface area contributed by atoms with E-state index in [2.05, 4.69) is 10.2 Å². The highest BCUT2D eigenvalue weighted by molar-refractivity contribution is 8.00. The molecule has 0 spiro atoms. The molecule has 0 bridgehead atoms. The first-order chi connectivity index (χ1) is 10.1. The smallest absolute Gasteiger partial charge is 0.315 e. The van der Waals surface area contributed by atoms with E-state index in [1.165, 1.54) is 35.2 Å². The first-order valence-corrected chi connectivity index (χ1v) is 8.33. The van der Waals surface area contributed by atoms with Crippen LogP contribution in [0.25, 0.3) is 10.6 Å². The molecule has 0 saturated carbocycles. The molecule has 1 atom stereocenters.